The van der Waals surface area contributed by atoms with Gasteiger partial charge in [0.2, 0.25) is 0 Å². The molecule has 0 fully saturated rings. The molecule has 0 aliphatic carbocycles. The quantitative estimate of drug-likeness (QED) is 0.696. The van der Waals surface area contributed by atoms with Crippen molar-refractivity contribution in [3.05, 3.63) is 0 Å². The molecule has 0 aromatic carbocycles. The van der Waals surface area contributed by atoms with Crippen LogP contribution in [0.4, 0.5) is 0 Å². The summed E-state index contributed by atoms with van der Waals surface area (Å²) in [5.41, 5.74) is 5.68. The van der Waals surface area contributed by atoms with E-state index in [1.165, 1.54) is 0 Å². The summed E-state index contributed by atoms with van der Waals surface area (Å²) in [6.07, 6.45) is 3.28. The fourth-order valence-electron chi connectivity index (χ4n) is 0.526. The van der Waals surface area contributed by atoms with Crippen LogP contribution in [0.2, 0.25) is 0 Å². The van der Waals surface area contributed by atoms with Crippen molar-refractivity contribution < 1.29 is 9.90 Å². The largest absolute Gasteiger partial charge is 0.481 e. The standard InChI is InChI=1S/C6H15N.C6H12O2/c1-5(2)6(3,4)7;1-2-3-4-5-6(7)8/h5H,7H2,1-4H3;2-5H2,1H3,(H,7,8). The molecule has 0 aromatic heterocycles. The summed E-state index contributed by atoms with van der Waals surface area (Å²) in [6.45, 7) is 10.4. The van der Waals surface area contributed by atoms with Gasteiger partial charge in [0.1, 0.15) is 0 Å². The molecule has 0 rings (SSSR count). The molecule has 92 valence electrons. The first-order chi connectivity index (χ1) is 6.71. The highest BCUT2D eigenvalue weighted by atomic mass is 16.4. The van der Waals surface area contributed by atoms with E-state index in [0.717, 1.165) is 19.3 Å². The van der Waals surface area contributed by atoms with Crippen LogP contribution >= 0.6 is 0 Å². The average Bonchev–Trinajstić information content (AvgIpc) is 2.03. The van der Waals surface area contributed by atoms with E-state index < -0.39 is 5.97 Å². The smallest absolute Gasteiger partial charge is 0.303 e. The molecule has 0 heterocycles. The summed E-state index contributed by atoms with van der Waals surface area (Å²) < 4.78 is 0. The molecule has 15 heavy (non-hydrogen) atoms. The second-order valence-corrected chi connectivity index (χ2v) is 4.83. The Kier molecular flexibility index (Phi) is 9.79. The molecule has 0 aliphatic heterocycles. The highest BCUT2D eigenvalue weighted by molar-refractivity contribution is 5.66. The molecule has 0 saturated heterocycles. The zero-order valence-corrected chi connectivity index (χ0v) is 10.8. The van der Waals surface area contributed by atoms with Crippen molar-refractivity contribution in [2.75, 3.05) is 0 Å². The number of aliphatic carboxylic acids is 1. The number of carbonyl (C=O) groups is 1. The van der Waals surface area contributed by atoms with Crippen LogP contribution in [0, 0.1) is 5.92 Å². The van der Waals surface area contributed by atoms with Gasteiger partial charge in [-0.2, -0.15) is 0 Å². The van der Waals surface area contributed by atoms with Crippen molar-refractivity contribution in [2.45, 2.75) is 65.8 Å². The third-order valence-corrected chi connectivity index (χ3v) is 2.48. The van der Waals surface area contributed by atoms with E-state index in [9.17, 15) is 4.79 Å². The van der Waals surface area contributed by atoms with Gasteiger partial charge in [-0.05, 0) is 26.2 Å². The molecule has 0 aliphatic rings. The van der Waals surface area contributed by atoms with Gasteiger partial charge in [0.05, 0.1) is 0 Å². The van der Waals surface area contributed by atoms with Crippen molar-refractivity contribution >= 4 is 5.97 Å². The number of unbranched alkanes of at least 4 members (excludes halogenated alkanes) is 2. The van der Waals surface area contributed by atoms with Gasteiger partial charge in [-0.15, -0.1) is 0 Å². The molecule has 0 bridgehead atoms. The van der Waals surface area contributed by atoms with Gasteiger partial charge in [0.25, 0.3) is 0 Å². The number of nitrogens with two attached hydrogens (primary N) is 1. The third kappa shape index (κ3) is 16.1. The summed E-state index contributed by atoms with van der Waals surface area (Å²) in [5.74, 6) is -0.106. The molecule has 0 atom stereocenters. The van der Waals surface area contributed by atoms with Gasteiger partial charge < -0.3 is 10.8 Å². The van der Waals surface area contributed by atoms with Crippen LogP contribution in [0.5, 0.6) is 0 Å². The molecule has 3 nitrogen and oxygen atoms in total. The minimum Gasteiger partial charge on any atom is -0.481 e. The van der Waals surface area contributed by atoms with Crippen LogP contribution in [-0.2, 0) is 4.79 Å². The highest BCUT2D eigenvalue weighted by Crippen LogP contribution is 2.09. The van der Waals surface area contributed by atoms with E-state index in [-0.39, 0.29) is 5.54 Å². The first-order valence-electron chi connectivity index (χ1n) is 5.72. The number of carboxylic acids is 1. The van der Waals surface area contributed by atoms with E-state index in [1.54, 1.807) is 0 Å². The number of hydrogen-bond acceptors (Lipinski definition) is 2. The van der Waals surface area contributed by atoms with E-state index >= 15 is 0 Å². The zero-order chi connectivity index (χ0) is 12.5. The summed E-state index contributed by atoms with van der Waals surface area (Å²) >= 11 is 0. The van der Waals surface area contributed by atoms with Crippen LogP contribution in [0.1, 0.15) is 60.3 Å². The Hall–Kier alpha value is -0.570. The van der Waals surface area contributed by atoms with Crippen molar-refractivity contribution in [3.63, 3.8) is 0 Å². The molecular weight excluding hydrogens is 190 g/mol. The highest BCUT2D eigenvalue weighted by Gasteiger charge is 2.14. The Morgan fingerprint density at radius 2 is 1.73 bits per heavy atom. The Labute approximate surface area is 94.1 Å². The Bertz CT molecular complexity index is 159. The predicted octanol–water partition coefficient (Wildman–Crippen LogP) is 3.03. The molecular formula is C12H27NO2. The maximum absolute atomic E-state index is 9.87. The van der Waals surface area contributed by atoms with E-state index in [0.29, 0.717) is 12.3 Å². The molecule has 0 spiro atoms. The monoisotopic (exact) mass is 217 g/mol. The molecule has 0 saturated carbocycles. The normalized spacial score (nSPS) is 10.9. The Morgan fingerprint density at radius 1 is 1.33 bits per heavy atom. The van der Waals surface area contributed by atoms with Gasteiger partial charge in [0, 0.05) is 12.0 Å². The number of carboxylic acid groups (broad SMARTS) is 1. The van der Waals surface area contributed by atoms with Crippen molar-refractivity contribution in [2.24, 2.45) is 11.7 Å². The molecule has 0 aromatic rings. The first-order valence-corrected chi connectivity index (χ1v) is 5.72. The van der Waals surface area contributed by atoms with Crippen molar-refractivity contribution in [3.8, 4) is 0 Å². The molecule has 3 heteroatoms. The van der Waals surface area contributed by atoms with Gasteiger partial charge in [-0.1, -0.05) is 33.6 Å². The van der Waals surface area contributed by atoms with Gasteiger partial charge in [0.15, 0.2) is 0 Å². The summed E-state index contributed by atoms with van der Waals surface area (Å²) in [6, 6.07) is 0. The van der Waals surface area contributed by atoms with E-state index in [2.05, 4.69) is 20.8 Å². The van der Waals surface area contributed by atoms with Gasteiger partial charge >= 0.3 is 5.97 Å². The van der Waals surface area contributed by atoms with Crippen LogP contribution in [0.3, 0.4) is 0 Å². The lowest BCUT2D eigenvalue weighted by molar-refractivity contribution is -0.137. The van der Waals surface area contributed by atoms with Crippen LogP contribution in [0.25, 0.3) is 0 Å². The lowest BCUT2D eigenvalue weighted by Gasteiger charge is -2.22. The van der Waals surface area contributed by atoms with E-state index in [4.69, 9.17) is 10.8 Å². The number of hydrogen-bond donors (Lipinski definition) is 2. The lowest BCUT2D eigenvalue weighted by Crippen LogP contribution is -2.37. The van der Waals surface area contributed by atoms with Crippen molar-refractivity contribution in [1.82, 2.24) is 0 Å². The van der Waals surface area contributed by atoms with Crippen molar-refractivity contribution in [1.29, 1.82) is 0 Å². The molecule has 0 unspecified atom stereocenters. The Balaban J connectivity index is 0. The second-order valence-electron chi connectivity index (χ2n) is 4.83. The molecule has 0 amide bonds. The average molecular weight is 217 g/mol. The maximum Gasteiger partial charge on any atom is 0.303 e. The maximum atomic E-state index is 9.87. The Morgan fingerprint density at radius 3 is 1.93 bits per heavy atom. The molecule has 0 radical (unpaired) electrons. The summed E-state index contributed by atoms with van der Waals surface area (Å²) in [7, 11) is 0. The summed E-state index contributed by atoms with van der Waals surface area (Å²) in [4.78, 5) is 9.87. The zero-order valence-electron chi connectivity index (χ0n) is 10.8. The fourth-order valence-corrected chi connectivity index (χ4v) is 0.526. The van der Waals surface area contributed by atoms with Crippen LogP contribution in [0.15, 0.2) is 0 Å². The SMILES string of the molecule is CC(C)C(C)(C)N.CCCCCC(=O)O. The third-order valence-electron chi connectivity index (χ3n) is 2.48. The fraction of sp³-hybridized carbons (Fsp3) is 0.917. The van der Waals surface area contributed by atoms with Gasteiger partial charge in [-0.25, -0.2) is 0 Å². The number of rotatable bonds is 5. The van der Waals surface area contributed by atoms with E-state index in [1.807, 2.05) is 13.8 Å². The predicted molar refractivity (Wildman–Crippen MR) is 64.9 cm³/mol. The first kappa shape index (κ1) is 16.8. The topological polar surface area (TPSA) is 63.3 Å². The molecule has 3 N–H and O–H groups in total. The minimum absolute atomic E-state index is 0. The van der Waals surface area contributed by atoms with Crippen LogP contribution in [-0.4, -0.2) is 16.6 Å². The van der Waals surface area contributed by atoms with Crippen LogP contribution < -0.4 is 5.73 Å². The second kappa shape index (κ2) is 8.72. The summed E-state index contributed by atoms with van der Waals surface area (Å²) in [5, 5.41) is 8.14. The van der Waals surface area contributed by atoms with Gasteiger partial charge in [-0.3, -0.25) is 4.79 Å². The lowest BCUT2D eigenvalue weighted by atomic mass is 9.92. The minimum atomic E-state index is -0.682.